The van der Waals surface area contributed by atoms with E-state index in [2.05, 4.69) is 4.72 Å². The second kappa shape index (κ2) is 7.16. The number of sulfonamides is 1. The van der Waals surface area contributed by atoms with E-state index in [4.69, 9.17) is 0 Å². The van der Waals surface area contributed by atoms with Gasteiger partial charge in [0, 0.05) is 12.6 Å². The van der Waals surface area contributed by atoms with Crippen LogP contribution in [0, 0.1) is 11.6 Å². The first-order valence-electron chi connectivity index (χ1n) is 6.97. The van der Waals surface area contributed by atoms with Crippen molar-refractivity contribution in [2.45, 2.75) is 10.9 Å². The molecule has 0 amide bonds. The maximum Gasteiger partial charge on any atom is 0.240 e. The Morgan fingerprint density at radius 2 is 1.70 bits per heavy atom. The van der Waals surface area contributed by atoms with E-state index in [1.807, 2.05) is 0 Å². The smallest absolute Gasteiger partial charge is 0.240 e. The van der Waals surface area contributed by atoms with Crippen LogP contribution in [-0.2, 0) is 10.0 Å². The molecule has 0 aliphatic carbocycles. The number of nitrogens with one attached hydrogen (secondary N) is 1. The molecule has 124 valence electrons. The zero-order valence-corrected chi connectivity index (χ0v) is 13.6. The van der Waals surface area contributed by atoms with Gasteiger partial charge in [-0.25, -0.2) is 21.9 Å². The molecule has 2 aromatic rings. The molecule has 0 fully saturated rings. The van der Waals surface area contributed by atoms with Crippen molar-refractivity contribution in [2.24, 2.45) is 0 Å². The van der Waals surface area contributed by atoms with Crippen LogP contribution in [-0.4, -0.2) is 34.0 Å². The van der Waals surface area contributed by atoms with Crippen molar-refractivity contribution in [3.8, 4) is 0 Å². The SMILES string of the molecule is CN(C)[C@@H](CNS(=O)(=O)c1ccc(F)cc1)c1cccc(F)c1. The maximum atomic E-state index is 13.4. The summed E-state index contributed by atoms with van der Waals surface area (Å²) in [6.45, 7) is 0.0656. The fraction of sp³-hybridized carbons (Fsp3) is 0.250. The highest BCUT2D eigenvalue weighted by molar-refractivity contribution is 7.89. The third-order valence-electron chi connectivity index (χ3n) is 3.45. The Hall–Kier alpha value is -1.83. The van der Waals surface area contributed by atoms with Crippen LogP contribution in [0.2, 0.25) is 0 Å². The topological polar surface area (TPSA) is 49.4 Å². The molecule has 0 aliphatic heterocycles. The zero-order chi connectivity index (χ0) is 17.0. The summed E-state index contributed by atoms with van der Waals surface area (Å²) in [4.78, 5) is 1.78. The first-order valence-corrected chi connectivity index (χ1v) is 8.45. The van der Waals surface area contributed by atoms with Gasteiger partial charge in [0.1, 0.15) is 11.6 Å². The quantitative estimate of drug-likeness (QED) is 0.879. The maximum absolute atomic E-state index is 13.4. The Morgan fingerprint density at radius 3 is 2.26 bits per heavy atom. The molecule has 4 nitrogen and oxygen atoms in total. The van der Waals surface area contributed by atoms with E-state index in [0.29, 0.717) is 5.56 Å². The highest BCUT2D eigenvalue weighted by Crippen LogP contribution is 2.19. The van der Waals surface area contributed by atoms with Crippen molar-refractivity contribution >= 4 is 10.0 Å². The van der Waals surface area contributed by atoms with Crippen molar-refractivity contribution in [1.82, 2.24) is 9.62 Å². The third-order valence-corrected chi connectivity index (χ3v) is 4.89. The van der Waals surface area contributed by atoms with Gasteiger partial charge in [-0.2, -0.15) is 0 Å². The van der Waals surface area contributed by atoms with Crippen LogP contribution >= 0.6 is 0 Å². The van der Waals surface area contributed by atoms with Gasteiger partial charge in [0.15, 0.2) is 0 Å². The molecule has 0 heterocycles. The van der Waals surface area contributed by atoms with Crippen molar-refractivity contribution in [3.63, 3.8) is 0 Å². The average Bonchev–Trinajstić information content (AvgIpc) is 2.47. The van der Waals surface area contributed by atoms with Crippen LogP contribution < -0.4 is 4.72 Å². The molecule has 2 aromatic carbocycles. The summed E-state index contributed by atoms with van der Waals surface area (Å²) < 4.78 is 53.2. The highest BCUT2D eigenvalue weighted by atomic mass is 32.2. The standard InChI is InChI=1S/C16H18F2N2O2S/c1-20(2)16(12-4-3-5-14(18)10-12)11-19-23(21,22)15-8-6-13(17)7-9-15/h3-10,16,19H,11H2,1-2H3/t16-/m0/s1. The summed E-state index contributed by atoms with van der Waals surface area (Å²) >= 11 is 0. The molecule has 0 saturated heterocycles. The Bertz CT molecular complexity index is 762. The summed E-state index contributed by atoms with van der Waals surface area (Å²) in [5.74, 6) is -0.884. The first kappa shape index (κ1) is 17.5. The van der Waals surface area contributed by atoms with Gasteiger partial charge in [0.25, 0.3) is 0 Å². The number of hydrogen-bond acceptors (Lipinski definition) is 3. The number of hydrogen-bond donors (Lipinski definition) is 1. The minimum absolute atomic E-state index is 0.0179. The van der Waals surface area contributed by atoms with E-state index < -0.39 is 15.8 Å². The van der Waals surface area contributed by atoms with Crippen LogP contribution in [0.3, 0.4) is 0 Å². The summed E-state index contributed by atoms with van der Waals surface area (Å²) in [6, 6.07) is 10.3. The normalized spacial score (nSPS) is 13.3. The molecule has 0 aliphatic rings. The van der Waals surface area contributed by atoms with E-state index in [9.17, 15) is 17.2 Å². The van der Waals surface area contributed by atoms with E-state index >= 15 is 0 Å². The summed E-state index contributed by atoms with van der Waals surface area (Å²) in [7, 11) is -0.202. The van der Waals surface area contributed by atoms with E-state index in [1.54, 1.807) is 31.1 Å². The lowest BCUT2D eigenvalue weighted by atomic mass is 10.1. The van der Waals surface area contributed by atoms with Crippen LogP contribution in [0.1, 0.15) is 11.6 Å². The molecule has 1 atom stereocenters. The minimum atomic E-state index is -3.76. The largest absolute Gasteiger partial charge is 0.301 e. The van der Waals surface area contributed by atoms with Crippen molar-refractivity contribution < 1.29 is 17.2 Å². The molecule has 0 aromatic heterocycles. The Morgan fingerprint density at radius 1 is 1.04 bits per heavy atom. The number of benzene rings is 2. The number of halogens is 2. The average molecular weight is 340 g/mol. The predicted molar refractivity (Wildman–Crippen MR) is 84.4 cm³/mol. The molecule has 0 radical (unpaired) electrons. The molecule has 0 saturated carbocycles. The van der Waals surface area contributed by atoms with Gasteiger partial charge in [-0.1, -0.05) is 12.1 Å². The van der Waals surface area contributed by atoms with E-state index in [1.165, 1.54) is 24.3 Å². The fourth-order valence-electron chi connectivity index (χ4n) is 2.20. The highest BCUT2D eigenvalue weighted by Gasteiger charge is 2.20. The molecule has 0 spiro atoms. The summed E-state index contributed by atoms with van der Waals surface area (Å²) in [6.07, 6.45) is 0. The molecule has 23 heavy (non-hydrogen) atoms. The van der Waals surface area contributed by atoms with E-state index in [0.717, 1.165) is 12.1 Å². The van der Waals surface area contributed by atoms with Gasteiger partial charge in [0.05, 0.1) is 4.90 Å². The van der Waals surface area contributed by atoms with Crippen molar-refractivity contribution in [1.29, 1.82) is 0 Å². The van der Waals surface area contributed by atoms with Gasteiger partial charge < -0.3 is 4.90 Å². The van der Waals surface area contributed by atoms with Gasteiger partial charge in [0.2, 0.25) is 10.0 Å². The Kier molecular flexibility index (Phi) is 5.46. The molecular formula is C16H18F2N2O2S. The van der Waals surface area contributed by atoms with E-state index in [-0.39, 0.29) is 23.3 Å². The Labute approximate surface area is 134 Å². The van der Waals surface area contributed by atoms with Crippen LogP contribution in [0.4, 0.5) is 8.78 Å². The minimum Gasteiger partial charge on any atom is -0.301 e. The van der Waals surface area contributed by atoms with Crippen LogP contribution in [0.15, 0.2) is 53.4 Å². The monoisotopic (exact) mass is 340 g/mol. The van der Waals surface area contributed by atoms with Gasteiger partial charge >= 0.3 is 0 Å². The van der Waals surface area contributed by atoms with Gasteiger partial charge in [-0.3, -0.25) is 0 Å². The summed E-state index contributed by atoms with van der Waals surface area (Å²) in [5, 5.41) is 0. The first-order chi connectivity index (χ1) is 10.8. The lowest BCUT2D eigenvalue weighted by Gasteiger charge is -2.25. The fourth-order valence-corrected chi connectivity index (χ4v) is 3.24. The Balaban J connectivity index is 2.17. The van der Waals surface area contributed by atoms with Crippen molar-refractivity contribution in [2.75, 3.05) is 20.6 Å². The second-order valence-electron chi connectivity index (χ2n) is 5.34. The number of rotatable bonds is 6. The molecular weight excluding hydrogens is 322 g/mol. The van der Waals surface area contributed by atoms with Gasteiger partial charge in [-0.15, -0.1) is 0 Å². The zero-order valence-electron chi connectivity index (χ0n) is 12.8. The van der Waals surface area contributed by atoms with Crippen LogP contribution in [0.5, 0.6) is 0 Å². The molecule has 1 N–H and O–H groups in total. The molecule has 0 bridgehead atoms. The predicted octanol–water partition coefficient (Wildman–Crippen LogP) is 2.55. The third kappa shape index (κ3) is 4.57. The van der Waals surface area contributed by atoms with Gasteiger partial charge in [-0.05, 0) is 56.1 Å². The lowest BCUT2D eigenvalue weighted by molar-refractivity contribution is 0.299. The molecule has 2 rings (SSSR count). The van der Waals surface area contributed by atoms with Crippen LogP contribution in [0.25, 0.3) is 0 Å². The summed E-state index contributed by atoms with van der Waals surface area (Å²) in [5.41, 5.74) is 0.664. The molecule has 0 unspecified atom stereocenters. The number of likely N-dealkylation sites (N-methyl/N-ethyl adjacent to an activating group) is 1. The second-order valence-corrected chi connectivity index (χ2v) is 7.11. The molecule has 7 heteroatoms. The number of nitrogens with zero attached hydrogens (tertiary/aromatic N) is 1. The lowest BCUT2D eigenvalue weighted by Crippen LogP contribution is -2.34. The van der Waals surface area contributed by atoms with Crippen molar-refractivity contribution in [3.05, 3.63) is 65.7 Å².